The van der Waals surface area contributed by atoms with E-state index >= 15 is 0 Å². The van der Waals surface area contributed by atoms with E-state index in [-0.39, 0.29) is 124 Å². The van der Waals surface area contributed by atoms with Crippen molar-refractivity contribution < 1.29 is 96.8 Å². The van der Waals surface area contributed by atoms with Crippen molar-refractivity contribution in [2.75, 3.05) is 73.6 Å². The molecule has 0 fully saturated rings. The van der Waals surface area contributed by atoms with Crippen LogP contribution in [0.2, 0.25) is 0 Å². The van der Waals surface area contributed by atoms with Gasteiger partial charge in [-0.1, -0.05) is 0 Å². The third kappa shape index (κ3) is 27.6. The highest BCUT2D eigenvalue weighted by atomic mass is 16.6. The highest BCUT2D eigenvalue weighted by molar-refractivity contribution is 6.05. The highest BCUT2D eigenvalue weighted by Gasteiger charge is 2.33. The van der Waals surface area contributed by atoms with Crippen LogP contribution >= 0.6 is 0 Å². The lowest BCUT2D eigenvalue weighted by Gasteiger charge is -2.23. The molecule has 42 heteroatoms. The Hall–Kier alpha value is -12.8. The van der Waals surface area contributed by atoms with Gasteiger partial charge in [0.1, 0.15) is 49.3 Å². The first-order valence-electron chi connectivity index (χ1n) is 31.6. The average Bonchev–Trinajstić information content (AvgIpc) is 0.964. The number of aliphatic carboxylic acids is 2. The van der Waals surface area contributed by atoms with Crippen LogP contribution in [0.15, 0.2) is 60.7 Å². The number of hydrogen-bond donors (Lipinski definition) is 20. The minimum absolute atomic E-state index is 0.0000156. The molecule has 16 amide bonds. The Bertz CT molecular complexity index is 3440. The van der Waals surface area contributed by atoms with Gasteiger partial charge in [-0.25, -0.2) is 9.59 Å². The fourth-order valence-corrected chi connectivity index (χ4v) is 9.93. The van der Waals surface area contributed by atoms with Crippen molar-refractivity contribution in [2.45, 2.75) is 113 Å². The van der Waals surface area contributed by atoms with Gasteiger partial charge in [-0.15, -0.1) is 0 Å². The number of nitro groups is 2. The Kier molecular flexibility index (Phi) is 31.4. The molecule has 2 aliphatic heterocycles. The number of rotatable bonds is 28. The number of nitrogens with two attached hydrogens (primary N) is 2. The van der Waals surface area contributed by atoms with E-state index < -0.39 is 191 Å². The fraction of sp³-hybridized carbons (Fsp3) is 0.433. The first kappa shape index (κ1) is 79.9. The Morgan fingerprint density at radius 3 is 1.23 bits per heavy atom. The minimum Gasteiger partial charge on any atom is -0.480 e. The van der Waals surface area contributed by atoms with Crippen molar-refractivity contribution in [3.63, 3.8) is 0 Å². The van der Waals surface area contributed by atoms with Crippen LogP contribution in [-0.2, 0) is 57.5 Å². The molecule has 0 aliphatic carbocycles. The molecule has 22 N–H and O–H groups in total. The van der Waals surface area contributed by atoms with Crippen molar-refractivity contribution in [1.29, 1.82) is 0 Å². The van der Waals surface area contributed by atoms with Crippen LogP contribution in [0.25, 0.3) is 0 Å². The number of carbonyl (C=O) groups is 16. The molecule has 2 aliphatic rings. The van der Waals surface area contributed by atoms with Gasteiger partial charge < -0.3 is 107 Å². The molecule has 0 spiro atoms. The van der Waals surface area contributed by atoms with Crippen molar-refractivity contribution in [2.24, 2.45) is 11.5 Å². The molecule has 6 atom stereocenters. The number of anilines is 4. The number of carboxylic acid groups (broad SMARTS) is 2. The number of urea groups is 2. The lowest BCUT2D eigenvalue weighted by atomic mass is 10.1. The quantitative estimate of drug-likeness (QED) is 0.0190. The number of carbonyl (C=O) groups excluding carboxylic acids is 14. The number of non-ortho nitro benzene ring substituents is 2. The van der Waals surface area contributed by atoms with Crippen LogP contribution in [0.5, 0.6) is 0 Å². The standard InChI is InChI=1S/C60H78N20O22/c61-45(81)25-43-55(93)67-27-47(83)73-41(9-5-21-63-37-17-15-33(79(99)100)23-35(37)51(89)77-43)57(95)75-39(53(91)69-29-49(85)86)7-1-3-19-65-59(97)71-31-11-13-32(14-12-31)72-60(98)66-20-4-2-8-40(54(92)70-30-50(87)88)76-58(96)42-10-6-22-64-38-18-16-34(80(101)102)24-36(38)52(90)78-44(26-46(62)82)56(94)68-28-48(84)74-42/h11-18,23-24,39-44,63-64H,1-10,19-22,25-30H2,(H2,61,81)(H2,62,82)(H,67,93)(H,68,94)(H,69,91)(H,70,92)(H,73,83)(H,74,84)(H,75,95)(H,76,96)(H,77,89)(H,78,90)(H,85,86)(H,87,88)(H2,65,71,97)(H2,66,72,98)/t39-,40-,41-,42-,43-,44?/m0/s1. The largest absolute Gasteiger partial charge is 0.480 e. The molecule has 0 saturated carbocycles. The number of primary amides is 2. The first-order chi connectivity index (χ1) is 48.5. The number of unbranched alkanes of at least 4 members (excludes halogenated alkanes) is 2. The second-order valence-corrected chi connectivity index (χ2v) is 22.9. The van der Waals surface area contributed by atoms with E-state index in [9.17, 15) is 107 Å². The van der Waals surface area contributed by atoms with E-state index in [1.807, 2.05) is 0 Å². The number of hydrogen-bond acceptors (Lipinski definition) is 22. The molecule has 102 heavy (non-hydrogen) atoms. The van der Waals surface area contributed by atoms with Crippen LogP contribution in [0.3, 0.4) is 0 Å². The van der Waals surface area contributed by atoms with E-state index in [1.165, 1.54) is 36.4 Å². The topological polar surface area (TPSA) is 644 Å². The Balaban J connectivity index is 1.10. The van der Waals surface area contributed by atoms with Gasteiger partial charge in [-0.3, -0.25) is 87.4 Å². The molecule has 0 aromatic heterocycles. The van der Waals surface area contributed by atoms with Crippen LogP contribution in [0.1, 0.15) is 97.8 Å². The zero-order chi connectivity index (χ0) is 75.0. The maximum atomic E-state index is 13.8. The smallest absolute Gasteiger partial charge is 0.322 e. The summed E-state index contributed by atoms with van der Waals surface area (Å²) in [6.45, 7) is -3.16. The number of amides is 16. The summed E-state index contributed by atoms with van der Waals surface area (Å²) in [5.41, 5.74) is 9.77. The zero-order valence-electron chi connectivity index (χ0n) is 54.5. The van der Waals surface area contributed by atoms with Gasteiger partial charge in [0.15, 0.2) is 0 Å². The Morgan fingerprint density at radius 2 is 0.882 bits per heavy atom. The normalized spacial score (nSPS) is 17.4. The predicted molar refractivity (Wildman–Crippen MR) is 355 cm³/mol. The van der Waals surface area contributed by atoms with Gasteiger partial charge >= 0.3 is 24.0 Å². The SMILES string of the molecule is NC(=O)CC1NC(=O)c2cc([N+](=O)[O-])ccc2NCCC[C@@H](C(=O)N[C@@H](CCCCNC(=O)Nc2ccc(NC(=O)NCCCC[C@H](NC(=O)[C@@H]3CCCNc4ccc([N+](=O)[O-])cc4C(=O)N[C@@H](CC(N)=O)C(=O)NCC(=O)N3)C(=O)NCC(=O)O)cc2)C(=O)NCC(=O)O)NC(=O)CNC1=O. The second kappa shape index (κ2) is 40.2. The van der Waals surface area contributed by atoms with Crippen LogP contribution in [-0.4, -0.2) is 204 Å². The molecular formula is C60H78N20O22. The third-order valence-electron chi connectivity index (χ3n) is 15.0. The predicted octanol–water partition coefficient (Wildman–Crippen LogP) is -3.58. The summed E-state index contributed by atoms with van der Waals surface area (Å²) in [6.07, 6.45) is -1.03. The molecule has 550 valence electrons. The maximum Gasteiger partial charge on any atom is 0.322 e. The molecule has 0 bridgehead atoms. The van der Waals surface area contributed by atoms with E-state index in [2.05, 4.69) is 85.1 Å². The highest BCUT2D eigenvalue weighted by Crippen LogP contribution is 2.25. The average molecular weight is 1430 g/mol. The van der Waals surface area contributed by atoms with Crippen LogP contribution < -0.4 is 96.5 Å². The summed E-state index contributed by atoms with van der Waals surface area (Å²) < 4.78 is 0. The minimum atomic E-state index is -1.64. The van der Waals surface area contributed by atoms with Crippen molar-refractivity contribution in [3.05, 3.63) is 92.0 Å². The second-order valence-electron chi connectivity index (χ2n) is 22.9. The summed E-state index contributed by atoms with van der Waals surface area (Å²) in [5.74, 6) is -14.4. The lowest BCUT2D eigenvalue weighted by molar-refractivity contribution is -0.385. The Labute approximate surface area is 578 Å². The number of carboxylic acids is 2. The number of nitrogens with zero attached hydrogens (tertiary/aromatic N) is 2. The fourth-order valence-electron chi connectivity index (χ4n) is 9.93. The molecule has 5 rings (SSSR count). The van der Waals surface area contributed by atoms with Crippen molar-refractivity contribution in [3.8, 4) is 0 Å². The molecular weight excluding hydrogens is 1350 g/mol. The van der Waals surface area contributed by atoms with Gasteiger partial charge in [-0.05, 0) is 101 Å². The number of benzene rings is 3. The van der Waals surface area contributed by atoms with Crippen LogP contribution in [0.4, 0.5) is 43.7 Å². The van der Waals surface area contributed by atoms with Crippen LogP contribution in [0, 0.1) is 20.2 Å². The summed E-state index contributed by atoms with van der Waals surface area (Å²) in [7, 11) is 0. The Morgan fingerprint density at radius 1 is 0.510 bits per heavy atom. The first-order valence-corrected chi connectivity index (χ1v) is 31.6. The van der Waals surface area contributed by atoms with E-state index in [0.29, 0.717) is 0 Å². The molecule has 0 radical (unpaired) electrons. The van der Waals surface area contributed by atoms with Crippen molar-refractivity contribution >= 4 is 129 Å². The zero-order valence-corrected chi connectivity index (χ0v) is 54.5. The molecule has 0 saturated heterocycles. The van der Waals surface area contributed by atoms with E-state index in [4.69, 9.17) is 11.5 Å². The lowest BCUT2D eigenvalue weighted by Crippen LogP contribution is -2.55. The number of nitro benzene ring substituents is 2. The molecule has 3 aromatic rings. The van der Waals surface area contributed by atoms with E-state index in [0.717, 1.165) is 24.3 Å². The maximum absolute atomic E-state index is 13.8. The van der Waals surface area contributed by atoms with Gasteiger partial charge in [0.05, 0.1) is 46.9 Å². The van der Waals surface area contributed by atoms with Gasteiger partial charge in [0.2, 0.25) is 59.1 Å². The molecule has 3 aromatic carbocycles. The van der Waals surface area contributed by atoms with Crippen molar-refractivity contribution in [1.82, 2.24) is 63.8 Å². The number of fused-ring (bicyclic) bond motifs is 2. The summed E-state index contributed by atoms with van der Waals surface area (Å²) >= 11 is 0. The molecule has 42 nitrogen and oxygen atoms in total. The van der Waals surface area contributed by atoms with Gasteiger partial charge in [0.25, 0.3) is 23.2 Å². The summed E-state index contributed by atoms with van der Waals surface area (Å²) in [4.78, 5) is 227. The van der Waals surface area contributed by atoms with Gasteiger partial charge in [-0.2, -0.15) is 0 Å². The van der Waals surface area contributed by atoms with E-state index in [1.54, 1.807) is 0 Å². The summed E-state index contributed by atoms with van der Waals surface area (Å²) in [6, 6.07) is 2.25. The summed E-state index contributed by atoms with van der Waals surface area (Å²) in [5, 5.41) is 81.3. The monoisotopic (exact) mass is 1430 g/mol. The third-order valence-corrected chi connectivity index (χ3v) is 15.0. The molecule has 1 unspecified atom stereocenters. The number of nitrogens with one attached hydrogen (secondary N) is 16. The molecule has 2 heterocycles. The van der Waals surface area contributed by atoms with Gasteiger partial charge in [0, 0.05) is 73.2 Å².